The maximum atomic E-state index is 12.8. The Morgan fingerprint density at radius 2 is 1.74 bits per heavy atom. The fraction of sp³-hybridized carbons (Fsp3) is 0.133. The molecule has 2 N–H and O–H groups in total. The van der Waals surface area contributed by atoms with E-state index in [9.17, 15) is 18.0 Å². The first-order chi connectivity index (χ1) is 10.9. The van der Waals surface area contributed by atoms with E-state index in [0.29, 0.717) is 10.8 Å². The summed E-state index contributed by atoms with van der Waals surface area (Å²) in [4.78, 5) is 11.6. The molecule has 8 heteroatoms. The van der Waals surface area contributed by atoms with Crippen molar-refractivity contribution >= 4 is 23.3 Å². The van der Waals surface area contributed by atoms with Gasteiger partial charge in [-0.1, -0.05) is 23.7 Å². The number of halogens is 4. The normalized spacial score (nSPS) is 11.0. The Morgan fingerprint density at radius 3 is 2.39 bits per heavy atom. The predicted molar refractivity (Wildman–Crippen MR) is 80.5 cm³/mol. The Bertz CT molecular complexity index is 675. The number of benzene rings is 2. The van der Waals surface area contributed by atoms with Crippen LogP contribution >= 0.6 is 11.6 Å². The van der Waals surface area contributed by atoms with Crippen LogP contribution in [0.3, 0.4) is 0 Å². The van der Waals surface area contributed by atoms with Crippen molar-refractivity contribution in [2.24, 2.45) is 0 Å². The summed E-state index contributed by atoms with van der Waals surface area (Å²) < 4.78 is 43.6. The van der Waals surface area contributed by atoms with Gasteiger partial charge < -0.3 is 15.4 Å². The Hall–Kier alpha value is -2.41. The van der Waals surface area contributed by atoms with Crippen LogP contribution in [-0.2, 0) is 6.18 Å². The smallest absolute Gasteiger partial charge is 0.418 e. The third-order valence-corrected chi connectivity index (χ3v) is 3.02. The maximum absolute atomic E-state index is 12.8. The summed E-state index contributed by atoms with van der Waals surface area (Å²) in [5.74, 6) is 0.463. The monoisotopic (exact) mass is 344 g/mol. The minimum absolute atomic E-state index is 0.207. The summed E-state index contributed by atoms with van der Waals surface area (Å²) in [6.07, 6.45) is -4.55. The van der Waals surface area contributed by atoms with E-state index >= 15 is 0 Å². The van der Waals surface area contributed by atoms with E-state index in [4.69, 9.17) is 16.3 Å². The fourth-order valence-corrected chi connectivity index (χ4v) is 1.85. The van der Waals surface area contributed by atoms with Crippen LogP contribution in [0.5, 0.6) is 5.75 Å². The number of alkyl halides is 3. The Labute approximate surface area is 135 Å². The molecule has 0 spiro atoms. The van der Waals surface area contributed by atoms with Crippen molar-refractivity contribution in [1.82, 2.24) is 5.32 Å². The lowest BCUT2D eigenvalue weighted by atomic mass is 10.1. The SMILES string of the molecule is O=C(NCOc1ccc(Cl)cc1)Nc1ccccc1C(F)(F)F. The second-order valence-corrected chi connectivity index (χ2v) is 4.85. The molecule has 0 saturated carbocycles. The number of hydrogen-bond donors (Lipinski definition) is 2. The van der Waals surface area contributed by atoms with Crippen molar-refractivity contribution < 1.29 is 22.7 Å². The zero-order valence-corrected chi connectivity index (χ0v) is 12.4. The predicted octanol–water partition coefficient (Wildman–Crippen LogP) is 4.52. The maximum Gasteiger partial charge on any atom is 0.418 e. The van der Waals surface area contributed by atoms with Crippen LogP contribution in [0, 0.1) is 0 Å². The third-order valence-electron chi connectivity index (χ3n) is 2.77. The molecular formula is C15H12ClF3N2O2. The van der Waals surface area contributed by atoms with Gasteiger partial charge in [-0.2, -0.15) is 13.2 Å². The molecule has 23 heavy (non-hydrogen) atoms. The van der Waals surface area contributed by atoms with E-state index in [1.165, 1.54) is 18.2 Å². The van der Waals surface area contributed by atoms with Crippen LogP contribution in [-0.4, -0.2) is 12.8 Å². The van der Waals surface area contributed by atoms with Gasteiger partial charge in [0.2, 0.25) is 0 Å². The average Bonchev–Trinajstić information content (AvgIpc) is 2.49. The van der Waals surface area contributed by atoms with Crippen molar-refractivity contribution in [2.45, 2.75) is 6.18 Å². The van der Waals surface area contributed by atoms with Crippen LogP contribution in [0.25, 0.3) is 0 Å². The number of hydrogen-bond acceptors (Lipinski definition) is 2. The molecule has 0 unspecified atom stereocenters. The van der Waals surface area contributed by atoms with Gasteiger partial charge in [0, 0.05) is 5.02 Å². The molecule has 0 bridgehead atoms. The van der Waals surface area contributed by atoms with Crippen molar-refractivity contribution in [2.75, 3.05) is 12.0 Å². The molecule has 0 radical (unpaired) electrons. The number of para-hydroxylation sites is 1. The number of rotatable bonds is 4. The molecule has 2 aromatic rings. The standard InChI is InChI=1S/C15H12ClF3N2O2/c16-10-5-7-11(8-6-10)23-9-20-14(22)21-13-4-2-1-3-12(13)15(17,18)19/h1-8H,9H2,(H2,20,21,22). The molecule has 0 atom stereocenters. The lowest BCUT2D eigenvalue weighted by molar-refractivity contribution is -0.136. The van der Waals surface area contributed by atoms with E-state index in [-0.39, 0.29) is 12.4 Å². The highest BCUT2D eigenvalue weighted by atomic mass is 35.5. The quantitative estimate of drug-likeness (QED) is 0.801. The molecular weight excluding hydrogens is 333 g/mol. The highest BCUT2D eigenvalue weighted by molar-refractivity contribution is 6.30. The first-order valence-corrected chi connectivity index (χ1v) is 6.83. The van der Waals surface area contributed by atoms with Gasteiger partial charge in [-0.3, -0.25) is 0 Å². The molecule has 122 valence electrons. The van der Waals surface area contributed by atoms with Gasteiger partial charge in [-0.05, 0) is 36.4 Å². The number of carbonyl (C=O) groups is 1. The first-order valence-electron chi connectivity index (χ1n) is 6.46. The van der Waals surface area contributed by atoms with Gasteiger partial charge in [0.05, 0.1) is 11.3 Å². The molecule has 0 heterocycles. The second kappa shape index (κ2) is 7.23. The highest BCUT2D eigenvalue weighted by Crippen LogP contribution is 2.34. The fourth-order valence-electron chi connectivity index (χ4n) is 1.72. The highest BCUT2D eigenvalue weighted by Gasteiger charge is 2.33. The number of ether oxygens (including phenoxy) is 1. The number of urea groups is 1. The molecule has 0 aromatic heterocycles. The molecule has 0 aliphatic carbocycles. The molecule has 0 saturated heterocycles. The number of anilines is 1. The first kappa shape index (κ1) is 17.0. The van der Waals surface area contributed by atoms with Gasteiger partial charge in [0.25, 0.3) is 0 Å². The molecule has 0 aliphatic heterocycles. The molecule has 4 nitrogen and oxygen atoms in total. The van der Waals surface area contributed by atoms with Crippen molar-refractivity contribution in [3.05, 3.63) is 59.1 Å². The summed E-state index contributed by atoms with van der Waals surface area (Å²) in [5.41, 5.74) is -1.25. The van der Waals surface area contributed by atoms with Crippen LogP contribution in [0.2, 0.25) is 5.02 Å². The average molecular weight is 345 g/mol. The summed E-state index contributed by atoms with van der Waals surface area (Å²) in [6.45, 7) is -0.207. The van der Waals surface area contributed by atoms with E-state index in [1.54, 1.807) is 24.3 Å². The zero-order chi connectivity index (χ0) is 16.9. The molecule has 2 rings (SSSR count). The van der Waals surface area contributed by atoms with Crippen molar-refractivity contribution in [3.63, 3.8) is 0 Å². The summed E-state index contributed by atoms with van der Waals surface area (Å²) in [6, 6.07) is 10.3. The summed E-state index contributed by atoms with van der Waals surface area (Å²) in [7, 11) is 0. The van der Waals surface area contributed by atoms with Gasteiger partial charge in [0.1, 0.15) is 5.75 Å². The van der Waals surface area contributed by atoms with Crippen LogP contribution in [0.1, 0.15) is 5.56 Å². The summed E-state index contributed by atoms with van der Waals surface area (Å²) >= 11 is 5.71. The van der Waals surface area contributed by atoms with Gasteiger partial charge in [-0.25, -0.2) is 4.79 Å². The number of carbonyl (C=O) groups excluding carboxylic acids is 1. The van der Waals surface area contributed by atoms with Gasteiger partial charge in [-0.15, -0.1) is 0 Å². The van der Waals surface area contributed by atoms with Crippen molar-refractivity contribution in [3.8, 4) is 5.75 Å². The number of nitrogens with one attached hydrogen (secondary N) is 2. The van der Waals surface area contributed by atoms with Crippen molar-refractivity contribution in [1.29, 1.82) is 0 Å². The largest absolute Gasteiger partial charge is 0.473 e. The molecule has 0 fully saturated rings. The lowest BCUT2D eigenvalue weighted by Crippen LogP contribution is -2.32. The van der Waals surface area contributed by atoms with E-state index in [2.05, 4.69) is 10.6 Å². The molecule has 2 aromatic carbocycles. The van der Waals surface area contributed by atoms with Crippen LogP contribution < -0.4 is 15.4 Å². The third kappa shape index (κ3) is 5.07. The minimum Gasteiger partial charge on any atom is -0.473 e. The van der Waals surface area contributed by atoms with Gasteiger partial charge >= 0.3 is 12.2 Å². The minimum atomic E-state index is -4.55. The van der Waals surface area contributed by atoms with Crippen LogP contribution in [0.4, 0.5) is 23.7 Å². The Balaban J connectivity index is 1.89. The Kier molecular flexibility index (Phi) is 5.33. The molecule has 2 amide bonds. The topological polar surface area (TPSA) is 50.4 Å². The van der Waals surface area contributed by atoms with E-state index in [1.807, 2.05) is 0 Å². The van der Waals surface area contributed by atoms with Gasteiger partial charge in [0.15, 0.2) is 6.73 Å². The summed E-state index contributed by atoms with van der Waals surface area (Å²) in [5, 5.41) is 4.98. The molecule has 0 aliphatic rings. The Morgan fingerprint density at radius 1 is 1.09 bits per heavy atom. The van der Waals surface area contributed by atoms with E-state index < -0.39 is 17.8 Å². The van der Waals surface area contributed by atoms with E-state index in [0.717, 1.165) is 6.07 Å². The van der Waals surface area contributed by atoms with Crippen LogP contribution in [0.15, 0.2) is 48.5 Å². The lowest BCUT2D eigenvalue weighted by Gasteiger charge is -2.14. The second-order valence-electron chi connectivity index (χ2n) is 4.42. The zero-order valence-electron chi connectivity index (χ0n) is 11.7. The number of amides is 2.